The molecule has 3 heterocycles. The van der Waals surface area contributed by atoms with Gasteiger partial charge in [-0.2, -0.15) is 0 Å². The number of H-pyrrole nitrogens is 1. The van der Waals surface area contributed by atoms with Crippen LogP contribution in [0, 0.1) is 6.92 Å². The van der Waals surface area contributed by atoms with Crippen molar-refractivity contribution in [3.05, 3.63) is 53.0 Å². The number of aryl methyl sites for hydroxylation is 1. The molecule has 1 fully saturated rings. The number of hydrogen-bond acceptors (Lipinski definition) is 4. The van der Waals surface area contributed by atoms with Crippen molar-refractivity contribution in [2.45, 2.75) is 33.1 Å². The molecule has 6 heteroatoms. The SMILES string of the molecule is Cc1noc(C(C)C)c1C(=O)N1CCN(CCc2c[nH]c3ccccc23)CC1. The van der Waals surface area contributed by atoms with Gasteiger partial charge in [-0.15, -0.1) is 0 Å². The highest BCUT2D eigenvalue weighted by Crippen LogP contribution is 2.24. The molecule has 0 radical (unpaired) electrons. The molecule has 28 heavy (non-hydrogen) atoms. The summed E-state index contributed by atoms with van der Waals surface area (Å²) in [6, 6.07) is 8.43. The lowest BCUT2D eigenvalue weighted by molar-refractivity contribution is 0.0635. The molecule has 1 saturated heterocycles. The molecule has 2 aromatic heterocycles. The summed E-state index contributed by atoms with van der Waals surface area (Å²) >= 11 is 0. The van der Waals surface area contributed by atoms with Crippen molar-refractivity contribution in [1.29, 1.82) is 0 Å². The number of rotatable bonds is 5. The first-order valence-corrected chi connectivity index (χ1v) is 10.1. The van der Waals surface area contributed by atoms with Crippen LogP contribution in [0.25, 0.3) is 10.9 Å². The van der Waals surface area contributed by atoms with Gasteiger partial charge in [0.1, 0.15) is 5.56 Å². The Balaban J connectivity index is 1.35. The van der Waals surface area contributed by atoms with Gasteiger partial charge in [0.25, 0.3) is 5.91 Å². The summed E-state index contributed by atoms with van der Waals surface area (Å²) in [7, 11) is 0. The number of piperazine rings is 1. The van der Waals surface area contributed by atoms with Gasteiger partial charge >= 0.3 is 0 Å². The van der Waals surface area contributed by atoms with Gasteiger partial charge in [0.05, 0.1) is 5.69 Å². The molecule has 1 N–H and O–H groups in total. The van der Waals surface area contributed by atoms with Crippen LogP contribution in [0.1, 0.15) is 47.1 Å². The Morgan fingerprint density at radius 1 is 1.21 bits per heavy atom. The Morgan fingerprint density at radius 3 is 2.71 bits per heavy atom. The van der Waals surface area contributed by atoms with E-state index in [9.17, 15) is 4.79 Å². The van der Waals surface area contributed by atoms with Crippen LogP contribution in [0.2, 0.25) is 0 Å². The molecule has 1 aromatic carbocycles. The maximum Gasteiger partial charge on any atom is 0.259 e. The normalized spacial score (nSPS) is 15.6. The summed E-state index contributed by atoms with van der Waals surface area (Å²) in [5.74, 6) is 0.903. The predicted octanol–water partition coefficient (Wildman–Crippen LogP) is 3.59. The fourth-order valence-electron chi connectivity index (χ4n) is 3.99. The van der Waals surface area contributed by atoms with E-state index < -0.39 is 0 Å². The van der Waals surface area contributed by atoms with Gasteiger partial charge in [-0.1, -0.05) is 37.2 Å². The molecule has 0 spiro atoms. The number of fused-ring (bicyclic) bond motifs is 1. The predicted molar refractivity (Wildman–Crippen MR) is 110 cm³/mol. The lowest BCUT2D eigenvalue weighted by Crippen LogP contribution is -2.49. The number of hydrogen-bond donors (Lipinski definition) is 1. The van der Waals surface area contributed by atoms with Gasteiger partial charge in [0, 0.05) is 55.7 Å². The van der Waals surface area contributed by atoms with Crippen molar-refractivity contribution < 1.29 is 9.32 Å². The molecule has 1 aliphatic rings. The van der Waals surface area contributed by atoms with E-state index in [0.717, 1.165) is 39.1 Å². The number of aromatic amines is 1. The Kier molecular flexibility index (Phi) is 5.22. The summed E-state index contributed by atoms with van der Waals surface area (Å²) in [6.45, 7) is 10.2. The van der Waals surface area contributed by atoms with E-state index in [-0.39, 0.29) is 11.8 Å². The lowest BCUT2D eigenvalue weighted by Gasteiger charge is -2.34. The van der Waals surface area contributed by atoms with Gasteiger partial charge in [0.2, 0.25) is 0 Å². The molecule has 3 aromatic rings. The molecule has 6 nitrogen and oxygen atoms in total. The standard InChI is InChI=1S/C22H28N4O2/c1-15(2)21-20(16(3)24-28-21)22(27)26-12-10-25(11-13-26)9-8-17-14-23-19-7-5-4-6-18(17)19/h4-7,14-15,23H,8-13H2,1-3H3. The quantitative estimate of drug-likeness (QED) is 0.735. The second-order valence-corrected chi connectivity index (χ2v) is 7.91. The van der Waals surface area contributed by atoms with Crippen molar-refractivity contribution in [3.63, 3.8) is 0 Å². The zero-order valence-corrected chi connectivity index (χ0v) is 16.9. The fraction of sp³-hybridized carbons (Fsp3) is 0.455. The largest absolute Gasteiger partial charge is 0.361 e. The van der Waals surface area contributed by atoms with Crippen LogP contribution in [-0.2, 0) is 6.42 Å². The van der Waals surface area contributed by atoms with E-state index in [4.69, 9.17) is 4.52 Å². The van der Waals surface area contributed by atoms with Crippen LogP contribution in [0.3, 0.4) is 0 Å². The van der Waals surface area contributed by atoms with Gasteiger partial charge in [0.15, 0.2) is 5.76 Å². The molecule has 0 atom stereocenters. The third-order valence-electron chi connectivity index (χ3n) is 5.66. The summed E-state index contributed by atoms with van der Waals surface area (Å²) in [6.07, 6.45) is 3.13. The van der Waals surface area contributed by atoms with Crippen molar-refractivity contribution in [2.24, 2.45) is 0 Å². The minimum Gasteiger partial charge on any atom is -0.361 e. The van der Waals surface area contributed by atoms with Crippen LogP contribution >= 0.6 is 0 Å². The van der Waals surface area contributed by atoms with Gasteiger partial charge in [-0.3, -0.25) is 9.69 Å². The molecule has 148 valence electrons. The van der Waals surface area contributed by atoms with Crippen LogP contribution < -0.4 is 0 Å². The molecule has 1 aliphatic heterocycles. The van der Waals surface area contributed by atoms with Crippen LogP contribution in [-0.4, -0.2) is 58.6 Å². The fourth-order valence-corrected chi connectivity index (χ4v) is 3.99. The van der Waals surface area contributed by atoms with Crippen molar-refractivity contribution in [1.82, 2.24) is 19.9 Å². The van der Waals surface area contributed by atoms with E-state index in [1.54, 1.807) is 0 Å². The highest BCUT2D eigenvalue weighted by Gasteiger charge is 2.29. The molecule has 0 bridgehead atoms. The Hall–Kier alpha value is -2.60. The van der Waals surface area contributed by atoms with Crippen LogP contribution in [0.15, 0.2) is 35.0 Å². The molecule has 0 saturated carbocycles. The first-order chi connectivity index (χ1) is 13.5. The Morgan fingerprint density at radius 2 is 1.96 bits per heavy atom. The number of aromatic nitrogens is 2. The molecular formula is C22H28N4O2. The molecule has 0 aliphatic carbocycles. The molecule has 0 unspecified atom stereocenters. The third kappa shape index (κ3) is 3.56. The molecule has 4 rings (SSSR count). The van der Waals surface area contributed by atoms with Crippen molar-refractivity contribution >= 4 is 16.8 Å². The zero-order valence-electron chi connectivity index (χ0n) is 16.9. The number of nitrogens with one attached hydrogen (secondary N) is 1. The van der Waals surface area contributed by atoms with E-state index in [1.165, 1.54) is 16.5 Å². The summed E-state index contributed by atoms with van der Waals surface area (Å²) in [4.78, 5) is 20.7. The number of carbonyl (C=O) groups excluding carboxylic acids is 1. The average Bonchev–Trinajstić information content (AvgIpc) is 3.30. The zero-order chi connectivity index (χ0) is 19.7. The van der Waals surface area contributed by atoms with E-state index in [2.05, 4.69) is 45.5 Å². The number of amides is 1. The summed E-state index contributed by atoms with van der Waals surface area (Å²) in [5.41, 5.74) is 3.89. The topological polar surface area (TPSA) is 65.4 Å². The lowest BCUT2D eigenvalue weighted by atomic mass is 10.0. The first-order valence-electron chi connectivity index (χ1n) is 10.1. The maximum absolute atomic E-state index is 13.0. The minimum absolute atomic E-state index is 0.0544. The number of carbonyl (C=O) groups is 1. The monoisotopic (exact) mass is 380 g/mol. The van der Waals surface area contributed by atoms with Gasteiger partial charge in [-0.25, -0.2) is 0 Å². The van der Waals surface area contributed by atoms with E-state index in [0.29, 0.717) is 17.0 Å². The van der Waals surface area contributed by atoms with E-state index in [1.807, 2.05) is 25.7 Å². The third-order valence-corrected chi connectivity index (χ3v) is 5.66. The van der Waals surface area contributed by atoms with Gasteiger partial charge in [-0.05, 0) is 25.0 Å². The number of benzene rings is 1. The highest BCUT2D eigenvalue weighted by atomic mass is 16.5. The Labute approximate surface area is 165 Å². The van der Waals surface area contributed by atoms with Gasteiger partial charge < -0.3 is 14.4 Å². The average molecular weight is 380 g/mol. The van der Waals surface area contributed by atoms with Crippen molar-refractivity contribution in [2.75, 3.05) is 32.7 Å². The number of nitrogens with zero attached hydrogens (tertiary/aromatic N) is 3. The van der Waals surface area contributed by atoms with Crippen LogP contribution in [0.4, 0.5) is 0 Å². The molecular weight excluding hydrogens is 352 g/mol. The smallest absolute Gasteiger partial charge is 0.259 e. The summed E-state index contributed by atoms with van der Waals surface area (Å²) < 4.78 is 5.39. The van der Waals surface area contributed by atoms with Crippen LogP contribution in [0.5, 0.6) is 0 Å². The second kappa shape index (κ2) is 7.80. The van der Waals surface area contributed by atoms with E-state index >= 15 is 0 Å². The summed E-state index contributed by atoms with van der Waals surface area (Å²) in [5, 5.41) is 5.32. The minimum atomic E-state index is 0.0544. The van der Waals surface area contributed by atoms with Crippen molar-refractivity contribution in [3.8, 4) is 0 Å². The Bertz CT molecular complexity index is 964. The molecule has 1 amide bonds. The second-order valence-electron chi connectivity index (χ2n) is 7.91. The highest BCUT2D eigenvalue weighted by molar-refractivity contribution is 5.96. The maximum atomic E-state index is 13.0. The number of para-hydroxylation sites is 1. The first kappa shape index (κ1) is 18.7.